The van der Waals surface area contributed by atoms with Gasteiger partial charge in [0.05, 0.1) is 11.5 Å². The predicted octanol–water partition coefficient (Wildman–Crippen LogP) is 1.58. The van der Waals surface area contributed by atoms with E-state index in [0.29, 0.717) is 18.1 Å². The third-order valence-corrected chi connectivity index (χ3v) is 5.19. The Morgan fingerprint density at radius 1 is 1.33 bits per heavy atom. The van der Waals surface area contributed by atoms with Crippen molar-refractivity contribution in [2.45, 2.75) is 40.0 Å². The van der Waals surface area contributed by atoms with Gasteiger partial charge in [-0.15, -0.1) is 0 Å². The third-order valence-electron chi connectivity index (χ3n) is 3.31. The molecule has 1 aliphatic heterocycles. The minimum Gasteiger partial charge on any atom is -0.330 e. The summed E-state index contributed by atoms with van der Waals surface area (Å²) in [4.78, 5) is 0. The lowest BCUT2D eigenvalue weighted by Gasteiger charge is -2.29. The van der Waals surface area contributed by atoms with Crippen LogP contribution in [0.15, 0.2) is 0 Å². The molecule has 15 heavy (non-hydrogen) atoms. The first-order valence-electron chi connectivity index (χ1n) is 5.59. The fourth-order valence-corrected chi connectivity index (χ4v) is 4.31. The first-order valence-corrected chi connectivity index (χ1v) is 7.41. The minimum absolute atomic E-state index is 0.133. The summed E-state index contributed by atoms with van der Waals surface area (Å²) < 4.78 is 22.9. The summed E-state index contributed by atoms with van der Waals surface area (Å²) in [5.41, 5.74) is 5.88. The van der Waals surface area contributed by atoms with Gasteiger partial charge in [0.2, 0.25) is 0 Å². The third kappa shape index (κ3) is 3.76. The van der Waals surface area contributed by atoms with E-state index in [1.165, 1.54) is 0 Å². The molecular formula is C11H23NO2S. The lowest BCUT2D eigenvalue weighted by Crippen LogP contribution is -2.32. The van der Waals surface area contributed by atoms with Crippen molar-refractivity contribution in [3.8, 4) is 0 Å². The zero-order chi connectivity index (χ0) is 11.7. The average molecular weight is 233 g/mol. The SMILES string of the molecule is CC(C)(C)CCC1(CN)CCS(=O)(=O)C1. The van der Waals surface area contributed by atoms with Gasteiger partial charge in [-0.3, -0.25) is 0 Å². The van der Waals surface area contributed by atoms with Gasteiger partial charge in [-0.25, -0.2) is 8.42 Å². The van der Waals surface area contributed by atoms with E-state index in [9.17, 15) is 8.42 Å². The van der Waals surface area contributed by atoms with Crippen LogP contribution in [0.3, 0.4) is 0 Å². The summed E-state index contributed by atoms with van der Waals surface area (Å²) in [5.74, 6) is 0.626. The summed E-state index contributed by atoms with van der Waals surface area (Å²) in [5, 5.41) is 0. The van der Waals surface area contributed by atoms with Crippen molar-refractivity contribution in [1.29, 1.82) is 0 Å². The Bertz CT molecular complexity index is 316. The van der Waals surface area contributed by atoms with Gasteiger partial charge in [-0.05, 0) is 36.6 Å². The summed E-state index contributed by atoms with van der Waals surface area (Å²) in [6.45, 7) is 7.05. The molecule has 0 spiro atoms. The van der Waals surface area contributed by atoms with Crippen LogP contribution in [-0.4, -0.2) is 26.5 Å². The van der Waals surface area contributed by atoms with E-state index in [4.69, 9.17) is 5.73 Å². The van der Waals surface area contributed by atoms with Crippen molar-refractivity contribution in [1.82, 2.24) is 0 Å². The molecule has 1 rings (SSSR count). The van der Waals surface area contributed by atoms with E-state index in [-0.39, 0.29) is 10.8 Å². The zero-order valence-corrected chi connectivity index (χ0v) is 10.9. The maximum atomic E-state index is 11.5. The number of nitrogens with two attached hydrogens (primary N) is 1. The summed E-state index contributed by atoms with van der Waals surface area (Å²) in [7, 11) is -2.81. The van der Waals surface area contributed by atoms with E-state index >= 15 is 0 Å². The number of rotatable bonds is 3. The van der Waals surface area contributed by atoms with Gasteiger partial charge in [0.25, 0.3) is 0 Å². The maximum Gasteiger partial charge on any atom is 0.150 e. The standard InChI is InChI=1S/C11H23NO2S/c1-10(2,3)4-5-11(8-12)6-7-15(13,14)9-11/h4-9,12H2,1-3H3. The highest BCUT2D eigenvalue weighted by Gasteiger charge is 2.41. The van der Waals surface area contributed by atoms with Crippen LogP contribution in [0.2, 0.25) is 0 Å². The topological polar surface area (TPSA) is 60.2 Å². The molecule has 0 aliphatic carbocycles. The van der Waals surface area contributed by atoms with Gasteiger partial charge < -0.3 is 5.73 Å². The molecule has 1 saturated heterocycles. The quantitative estimate of drug-likeness (QED) is 0.805. The molecule has 1 unspecified atom stereocenters. The van der Waals surface area contributed by atoms with E-state index < -0.39 is 9.84 Å². The average Bonchev–Trinajstić information content (AvgIpc) is 2.39. The fraction of sp³-hybridized carbons (Fsp3) is 1.00. The Kier molecular flexibility index (Phi) is 3.51. The van der Waals surface area contributed by atoms with Crippen molar-refractivity contribution in [3.63, 3.8) is 0 Å². The van der Waals surface area contributed by atoms with Crippen LogP contribution in [0.25, 0.3) is 0 Å². The Hall–Kier alpha value is -0.0900. The Labute approximate surface area is 93.3 Å². The number of sulfone groups is 1. The molecule has 0 radical (unpaired) electrons. The van der Waals surface area contributed by atoms with Crippen LogP contribution >= 0.6 is 0 Å². The zero-order valence-electron chi connectivity index (χ0n) is 10.0. The van der Waals surface area contributed by atoms with Crippen LogP contribution in [-0.2, 0) is 9.84 Å². The number of hydrogen-bond acceptors (Lipinski definition) is 3. The van der Waals surface area contributed by atoms with Crippen LogP contribution < -0.4 is 5.73 Å². The van der Waals surface area contributed by atoms with E-state index in [2.05, 4.69) is 20.8 Å². The van der Waals surface area contributed by atoms with E-state index in [0.717, 1.165) is 19.3 Å². The molecule has 90 valence electrons. The van der Waals surface area contributed by atoms with Crippen LogP contribution in [0.5, 0.6) is 0 Å². The van der Waals surface area contributed by atoms with Gasteiger partial charge >= 0.3 is 0 Å². The molecule has 3 nitrogen and oxygen atoms in total. The molecule has 1 fully saturated rings. The molecule has 0 aromatic heterocycles. The fourth-order valence-electron chi connectivity index (χ4n) is 2.08. The monoisotopic (exact) mass is 233 g/mol. The Morgan fingerprint density at radius 2 is 1.93 bits per heavy atom. The first kappa shape index (κ1) is 13.0. The molecule has 1 atom stereocenters. The Morgan fingerprint density at radius 3 is 2.27 bits per heavy atom. The van der Waals surface area contributed by atoms with Crippen LogP contribution in [0, 0.1) is 10.8 Å². The molecule has 1 aliphatic rings. The minimum atomic E-state index is -2.81. The smallest absolute Gasteiger partial charge is 0.150 e. The van der Waals surface area contributed by atoms with Gasteiger partial charge in [0.15, 0.2) is 9.84 Å². The molecule has 0 aromatic rings. The van der Waals surface area contributed by atoms with Crippen molar-refractivity contribution in [2.24, 2.45) is 16.6 Å². The highest BCUT2D eigenvalue weighted by Crippen LogP contribution is 2.38. The largest absolute Gasteiger partial charge is 0.330 e. The van der Waals surface area contributed by atoms with Crippen LogP contribution in [0.1, 0.15) is 40.0 Å². The first-order chi connectivity index (χ1) is 6.68. The molecule has 0 saturated carbocycles. The second kappa shape index (κ2) is 4.06. The van der Waals surface area contributed by atoms with Gasteiger partial charge in [-0.1, -0.05) is 20.8 Å². The second-order valence-corrected chi connectivity index (χ2v) is 8.29. The lowest BCUT2D eigenvalue weighted by molar-refractivity contribution is 0.247. The molecule has 2 N–H and O–H groups in total. The van der Waals surface area contributed by atoms with Crippen molar-refractivity contribution in [3.05, 3.63) is 0 Å². The molecular weight excluding hydrogens is 210 g/mol. The normalized spacial score (nSPS) is 30.7. The van der Waals surface area contributed by atoms with E-state index in [1.807, 2.05) is 0 Å². The van der Waals surface area contributed by atoms with E-state index in [1.54, 1.807) is 0 Å². The van der Waals surface area contributed by atoms with Crippen molar-refractivity contribution in [2.75, 3.05) is 18.1 Å². The predicted molar refractivity (Wildman–Crippen MR) is 63.4 cm³/mol. The van der Waals surface area contributed by atoms with Crippen molar-refractivity contribution < 1.29 is 8.42 Å². The molecule has 4 heteroatoms. The summed E-state index contributed by atoms with van der Waals surface area (Å²) in [6, 6.07) is 0. The van der Waals surface area contributed by atoms with Gasteiger partial charge in [0.1, 0.15) is 0 Å². The Balaban J connectivity index is 2.64. The van der Waals surface area contributed by atoms with Crippen LogP contribution in [0.4, 0.5) is 0 Å². The summed E-state index contributed by atoms with van der Waals surface area (Å²) in [6.07, 6.45) is 2.73. The van der Waals surface area contributed by atoms with Gasteiger partial charge in [0, 0.05) is 0 Å². The van der Waals surface area contributed by atoms with Gasteiger partial charge in [-0.2, -0.15) is 0 Å². The van der Waals surface area contributed by atoms with Crippen molar-refractivity contribution >= 4 is 9.84 Å². The summed E-state index contributed by atoms with van der Waals surface area (Å²) >= 11 is 0. The highest BCUT2D eigenvalue weighted by atomic mass is 32.2. The molecule has 0 aromatic carbocycles. The number of hydrogen-bond donors (Lipinski definition) is 1. The maximum absolute atomic E-state index is 11.5. The molecule has 1 heterocycles. The highest BCUT2D eigenvalue weighted by molar-refractivity contribution is 7.91. The second-order valence-electron chi connectivity index (χ2n) is 6.11. The molecule has 0 amide bonds. The molecule has 0 bridgehead atoms. The lowest BCUT2D eigenvalue weighted by atomic mass is 9.77.